The Morgan fingerprint density at radius 2 is 2.12 bits per heavy atom. The van der Waals surface area contributed by atoms with Crippen molar-refractivity contribution < 1.29 is 9.53 Å². The van der Waals surface area contributed by atoms with Gasteiger partial charge in [-0.25, -0.2) is 9.97 Å². The number of hydrogen-bond donors (Lipinski definition) is 1. The van der Waals surface area contributed by atoms with Crippen molar-refractivity contribution in [2.75, 3.05) is 6.54 Å². The van der Waals surface area contributed by atoms with Crippen molar-refractivity contribution in [3.8, 4) is 5.88 Å². The number of carbonyl (C=O) groups excluding carboxylic acids is 1. The van der Waals surface area contributed by atoms with Crippen molar-refractivity contribution in [1.82, 2.24) is 15.3 Å². The lowest BCUT2D eigenvalue weighted by Crippen LogP contribution is -2.24. The zero-order valence-corrected chi connectivity index (χ0v) is 15.5. The summed E-state index contributed by atoms with van der Waals surface area (Å²) in [7, 11) is 0. The number of amides is 1. The minimum absolute atomic E-state index is 0.131. The Kier molecular flexibility index (Phi) is 4.88. The van der Waals surface area contributed by atoms with Crippen LogP contribution in [0.2, 0.25) is 0 Å². The summed E-state index contributed by atoms with van der Waals surface area (Å²) >= 11 is 1.74. The zero-order valence-electron chi connectivity index (χ0n) is 14.7. The highest BCUT2D eigenvalue weighted by Gasteiger charge is 2.32. The molecule has 2 aromatic heterocycles. The fourth-order valence-corrected chi connectivity index (χ4v) is 5.40. The number of aromatic nitrogens is 2. The van der Waals surface area contributed by atoms with E-state index in [2.05, 4.69) is 15.3 Å². The van der Waals surface area contributed by atoms with E-state index in [9.17, 15) is 4.79 Å². The fraction of sp³-hybridized carbons (Fsp3) is 0.632. The van der Waals surface area contributed by atoms with Gasteiger partial charge in [-0.05, 0) is 56.9 Å². The Balaban J connectivity index is 1.65. The van der Waals surface area contributed by atoms with Crippen molar-refractivity contribution in [2.24, 2.45) is 0 Å². The largest absolute Gasteiger partial charge is 0.474 e. The van der Waals surface area contributed by atoms with E-state index in [-0.39, 0.29) is 17.9 Å². The first-order valence-electron chi connectivity index (χ1n) is 9.46. The van der Waals surface area contributed by atoms with Gasteiger partial charge in [-0.3, -0.25) is 4.79 Å². The van der Waals surface area contributed by atoms with Crippen LogP contribution in [0.3, 0.4) is 0 Å². The number of aryl methyl sites for hydroxylation is 1. The van der Waals surface area contributed by atoms with Crippen molar-refractivity contribution >= 4 is 27.5 Å². The van der Waals surface area contributed by atoms with E-state index in [1.165, 1.54) is 29.7 Å². The molecule has 0 spiro atoms. The Morgan fingerprint density at radius 3 is 2.92 bits per heavy atom. The monoisotopic (exact) mass is 359 g/mol. The van der Waals surface area contributed by atoms with Gasteiger partial charge in [0.05, 0.1) is 5.39 Å². The molecule has 2 aliphatic carbocycles. The minimum atomic E-state index is 0.131. The summed E-state index contributed by atoms with van der Waals surface area (Å²) in [6.45, 7) is 2.64. The van der Waals surface area contributed by atoms with Crippen LogP contribution in [0.15, 0.2) is 6.33 Å². The molecule has 0 unspecified atom stereocenters. The van der Waals surface area contributed by atoms with Gasteiger partial charge in [0.25, 0.3) is 0 Å². The number of hydrogen-bond acceptors (Lipinski definition) is 5. The molecule has 134 valence electrons. The lowest BCUT2D eigenvalue weighted by atomic mass is 9.96. The quantitative estimate of drug-likeness (QED) is 0.878. The van der Waals surface area contributed by atoms with Gasteiger partial charge < -0.3 is 10.1 Å². The summed E-state index contributed by atoms with van der Waals surface area (Å²) < 4.78 is 6.31. The third kappa shape index (κ3) is 3.36. The molecule has 2 heterocycles. The predicted molar refractivity (Wildman–Crippen MR) is 99.3 cm³/mol. The Hall–Kier alpha value is -1.69. The molecule has 5 nitrogen and oxygen atoms in total. The van der Waals surface area contributed by atoms with E-state index in [1.807, 2.05) is 6.92 Å². The first-order chi connectivity index (χ1) is 12.3. The average Bonchev–Trinajstić information content (AvgIpc) is 3.16. The van der Waals surface area contributed by atoms with Crippen molar-refractivity contribution in [2.45, 2.75) is 70.3 Å². The smallest absolute Gasteiger partial charge is 0.225 e. The molecule has 6 heteroatoms. The van der Waals surface area contributed by atoms with E-state index in [1.54, 1.807) is 17.7 Å². The molecule has 0 aliphatic heterocycles. The van der Waals surface area contributed by atoms with E-state index < -0.39 is 0 Å². The summed E-state index contributed by atoms with van der Waals surface area (Å²) in [6, 6.07) is 0. The number of nitrogens with one attached hydrogen (secondary N) is 1. The van der Waals surface area contributed by atoms with Gasteiger partial charge in [0.15, 0.2) is 0 Å². The van der Waals surface area contributed by atoms with Crippen LogP contribution in [0.5, 0.6) is 5.88 Å². The van der Waals surface area contributed by atoms with E-state index in [0.717, 1.165) is 41.8 Å². The first kappa shape index (κ1) is 16.8. The van der Waals surface area contributed by atoms with Gasteiger partial charge in [0, 0.05) is 17.8 Å². The molecule has 1 N–H and O–H groups in total. The second-order valence-electron chi connectivity index (χ2n) is 7.07. The summed E-state index contributed by atoms with van der Waals surface area (Å²) in [5.74, 6) is 1.12. The third-order valence-corrected chi connectivity index (χ3v) is 6.50. The minimum Gasteiger partial charge on any atom is -0.474 e. The molecular formula is C19H25N3O2S. The molecule has 1 atom stereocenters. The molecule has 4 rings (SSSR count). The predicted octanol–water partition coefficient (Wildman–Crippen LogP) is 3.96. The maximum absolute atomic E-state index is 12.1. The summed E-state index contributed by atoms with van der Waals surface area (Å²) in [4.78, 5) is 23.4. The maximum Gasteiger partial charge on any atom is 0.225 e. The van der Waals surface area contributed by atoms with Crippen LogP contribution in [0.4, 0.5) is 0 Å². The number of nitrogens with zero attached hydrogens (tertiary/aromatic N) is 2. The number of carbonyl (C=O) groups is 1. The number of ether oxygens (including phenoxy) is 1. The SMILES string of the molecule is CCNC(=O)C[C@@H]1CCc2sc3ncnc(OC4CCCCC4)c3c21. The van der Waals surface area contributed by atoms with Crippen LogP contribution in [0, 0.1) is 0 Å². The summed E-state index contributed by atoms with van der Waals surface area (Å²) in [5, 5.41) is 4.00. The van der Waals surface area contributed by atoms with Crippen molar-refractivity contribution in [1.29, 1.82) is 0 Å². The maximum atomic E-state index is 12.1. The van der Waals surface area contributed by atoms with E-state index in [4.69, 9.17) is 4.74 Å². The van der Waals surface area contributed by atoms with E-state index >= 15 is 0 Å². The van der Waals surface area contributed by atoms with E-state index in [0.29, 0.717) is 13.0 Å². The second kappa shape index (κ2) is 7.28. The lowest BCUT2D eigenvalue weighted by Gasteiger charge is -2.23. The van der Waals surface area contributed by atoms with Crippen LogP contribution in [0.1, 0.15) is 68.2 Å². The molecule has 1 amide bonds. The second-order valence-corrected chi connectivity index (χ2v) is 8.15. The van der Waals surface area contributed by atoms with Gasteiger partial charge >= 0.3 is 0 Å². The normalized spacial score (nSPS) is 20.6. The van der Waals surface area contributed by atoms with Gasteiger partial charge in [-0.2, -0.15) is 0 Å². The Labute approximate surface area is 152 Å². The standard InChI is InChI=1S/C19H25N3O2S/c1-2-20-15(23)10-12-8-9-14-16(12)17-18(21-11-22-19(17)25-14)24-13-6-4-3-5-7-13/h11-13H,2-10H2,1H3,(H,20,23)/t12-/m0/s1. The van der Waals surface area contributed by atoms with Crippen LogP contribution in [0.25, 0.3) is 10.2 Å². The van der Waals surface area contributed by atoms with Crippen molar-refractivity contribution in [3.05, 3.63) is 16.8 Å². The Bertz CT molecular complexity index is 767. The first-order valence-corrected chi connectivity index (χ1v) is 10.3. The third-order valence-electron chi connectivity index (χ3n) is 5.33. The topological polar surface area (TPSA) is 64.1 Å². The molecule has 25 heavy (non-hydrogen) atoms. The number of fused-ring (bicyclic) bond motifs is 3. The van der Waals surface area contributed by atoms with Gasteiger partial charge in [0.1, 0.15) is 17.3 Å². The zero-order chi connectivity index (χ0) is 17.2. The van der Waals surface area contributed by atoms with Gasteiger partial charge in [0.2, 0.25) is 11.8 Å². The lowest BCUT2D eigenvalue weighted by molar-refractivity contribution is -0.121. The van der Waals surface area contributed by atoms with Gasteiger partial charge in [-0.15, -0.1) is 11.3 Å². The molecule has 0 saturated heterocycles. The molecule has 0 bridgehead atoms. The highest BCUT2D eigenvalue weighted by molar-refractivity contribution is 7.19. The molecule has 2 aliphatic rings. The molecule has 1 fully saturated rings. The molecule has 0 aromatic carbocycles. The highest BCUT2D eigenvalue weighted by Crippen LogP contribution is 2.47. The van der Waals surface area contributed by atoms with Crippen molar-refractivity contribution in [3.63, 3.8) is 0 Å². The summed E-state index contributed by atoms with van der Waals surface area (Å²) in [5.41, 5.74) is 1.28. The number of thiophene rings is 1. The molecular weight excluding hydrogens is 334 g/mol. The van der Waals surface area contributed by atoms with Crippen LogP contribution in [-0.4, -0.2) is 28.5 Å². The Morgan fingerprint density at radius 1 is 1.28 bits per heavy atom. The van der Waals surface area contributed by atoms with Crippen LogP contribution < -0.4 is 10.1 Å². The summed E-state index contributed by atoms with van der Waals surface area (Å²) in [6.07, 6.45) is 10.5. The molecule has 1 saturated carbocycles. The highest BCUT2D eigenvalue weighted by atomic mass is 32.1. The molecule has 0 radical (unpaired) electrons. The van der Waals surface area contributed by atoms with Crippen LogP contribution >= 0.6 is 11.3 Å². The fourth-order valence-electron chi connectivity index (χ4n) is 4.17. The average molecular weight is 359 g/mol. The number of rotatable bonds is 5. The van der Waals surface area contributed by atoms with Gasteiger partial charge in [-0.1, -0.05) is 6.42 Å². The van der Waals surface area contributed by atoms with Crippen LogP contribution in [-0.2, 0) is 11.2 Å². The molecule has 2 aromatic rings.